The molecule has 0 spiro atoms. The number of carbonyl (C=O) groups excluding carboxylic acids is 1. The molecule has 0 fully saturated rings. The third-order valence-electron chi connectivity index (χ3n) is 3.10. The Labute approximate surface area is 123 Å². The van der Waals surface area contributed by atoms with Crippen LogP contribution in [0.15, 0.2) is 29.2 Å². The van der Waals surface area contributed by atoms with E-state index in [-0.39, 0.29) is 22.5 Å². The van der Waals surface area contributed by atoms with Gasteiger partial charge in [-0.25, -0.2) is 8.42 Å². The average molecular weight is 314 g/mol. The van der Waals surface area contributed by atoms with E-state index in [1.165, 1.54) is 18.2 Å². The number of sulfone groups is 1. The van der Waals surface area contributed by atoms with Crippen molar-refractivity contribution in [2.75, 3.05) is 5.75 Å². The number of hydrogen-bond donors (Lipinski definition) is 1. The Balaban J connectivity index is 2.89. The molecule has 0 aliphatic heterocycles. The lowest BCUT2D eigenvalue weighted by Crippen LogP contribution is -2.39. The van der Waals surface area contributed by atoms with Crippen molar-refractivity contribution >= 4 is 21.4 Å². The number of carbonyl (C=O) groups is 1. The molecule has 21 heavy (non-hydrogen) atoms. The van der Waals surface area contributed by atoms with Crippen LogP contribution in [-0.4, -0.2) is 31.0 Å². The van der Waals surface area contributed by atoms with Gasteiger partial charge >= 0.3 is 0 Å². The van der Waals surface area contributed by atoms with E-state index in [2.05, 4.69) is 5.32 Å². The molecule has 1 N–H and O–H groups in total. The molecule has 0 unspecified atom stereocenters. The molecule has 1 atom stereocenters. The molecular weight excluding hydrogens is 296 g/mol. The van der Waals surface area contributed by atoms with Crippen LogP contribution in [0.25, 0.3) is 0 Å². The monoisotopic (exact) mass is 314 g/mol. The van der Waals surface area contributed by atoms with E-state index in [1.54, 1.807) is 6.92 Å². The predicted octanol–water partition coefficient (Wildman–Crippen LogP) is 1.53. The lowest BCUT2D eigenvalue weighted by Gasteiger charge is -2.17. The Bertz CT molecular complexity index is 640. The van der Waals surface area contributed by atoms with E-state index in [1.807, 2.05) is 13.8 Å². The SMILES string of the molecule is CC(C)[C@@H](C)NC(=O)CS(=O)(=O)c1cccc([N+](=O)[O-])c1. The van der Waals surface area contributed by atoms with Crippen LogP contribution in [0.5, 0.6) is 0 Å². The van der Waals surface area contributed by atoms with Crippen LogP contribution in [0.3, 0.4) is 0 Å². The Hall–Kier alpha value is -1.96. The number of nitrogens with zero attached hydrogens (tertiary/aromatic N) is 1. The lowest BCUT2D eigenvalue weighted by molar-refractivity contribution is -0.385. The molecule has 116 valence electrons. The highest BCUT2D eigenvalue weighted by Gasteiger charge is 2.22. The molecule has 0 bridgehead atoms. The van der Waals surface area contributed by atoms with Crippen molar-refractivity contribution in [2.45, 2.75) is 31.7 Å². The van der Waals surface area contributed by atoms with Gasteiger partial charge in [-0.15, -0.1) is 0 Å². The average Bonchev–Trinajstić information content (AvgIpc) is 2.37. The highest BCUT2D eigenvalue weighted by atomic mass is 32.2. The number of rotatable bonds is 6. The highest BCUT2D eigenvalue weighted by molar-refractivity contribution is 7.92. The fourth-order valence-electron chi connectivity index (χ4n) is 1.51. The van der Waals surface area contributed by atoms with Crippen molar-refractivity contribution in [3.63, 3.8) is 0 Å². The quantitative estimate of drug-likeness (QED) is 0.633. The third kappa shape index (κ3) is 4.82. The molecule has 8 heteroatoms. The maximum absolute atomic E-state index is 12.1. The van der Waals surface area contributed by atoms with Gasteiger partial charge in [-0.1, -0.05) is 19.9 Å². The number of nitro groups is 1. The van der Waals surface area contributed by atoms with Crippen LogP contribution in [0.1, 0.15) is 20.8 Å². The van der Waals surface area contributed by atoms with Crippen molar-refractivity contribution < 1.29 is 18.1 Å². The number of nitrogens with one attached hydrogen (secondary N) is 1. The van der Waals surface area contributed by atoms with Crippen LogP contribution in [-0.2, 0) is 14.6 Å². The van der Waals surface area contributed by atoms with Crippen molar-refractivity contribution in [3.8, 4) is 0 Å². The van der Waals surface area contributed by atoms with Gasteiger partial charge in [0.05, 0.1) is 9.82 Å². The Morgan fingerprint density at radius 2 is 1.95 bits per heavy atom. The molecule has 1 amide bonds. The minimum absolute atomic E-state index is 0.155. The minimum Gasteiger partial charge on any atom is -0.353 e. The maximum Gasteiger partial charge on any atom is 0.270 e. The summed E-state index contributed by atoms with van der Waals surface area (Å²) in [6.07, 6.45) is 0. The van der Waals surface area contributed by atoms with Crippen LogP contribution < -0.4 is 5.32 Å². The largest absolute Gasteiger partial charge is 0.353 e. The minimum atomic E-state index is -3.90. The molecule has 1 rings (SSSR count). The summed E-state index contributed by atoms with van der Waals surface area (Å²) in [5.74, 6) is -1.18. The zero-order chi connectivity index (χ0) is 16.2. The van der Waals surface area contributed by atoms with Gasteiger partial charge in [-0.2, -0.15) is 0 Å². The topological polar surface area (TPSA) is 106 Å². The number of nitro benzene ring substituents is 1. The molecular formula is C13H18N2O5S. The number of hydrogen-bond acceptors (Lipinski definition) is 5. The summed E-state index contributed by atoms with van der Waals surface area (Å²) in [5, 5.41) is 13.2. The molecule has 0 heterocycles. The fraction of sp³-hybridized carbons (Fsp3) is 0.462. The zero-order valence-corrected chi connectivity index (χ0v) is 12.9. The van der Waals surface area contributed by atoms with E-state index >= 15 is 0 Å². The lowest BCUT2D eigenvalue weighted by atomic mass is 10.1. The second kappa shape index (κ2) is 6.66. The predicted molar refractivity (Wildman–Crippen MR) is 77.6 cm³/mol. The molecule has 0 saturated carbocycles. The molecule has 1 aromatic rings. The summed E-state index contributed by atoms with van der Waals surface area (Å²) in [7, 11) is -3.90. The van der Waals surface area contributed by atoms with Gasteiger partial charge in [0.1, 0.15) is 5.75 Å². The number of non-ortho nitro benzene ring substituents is 1. The zero-order valence-electron chi connectivity index (χ0n) is 12.1. The van der Waals surface area contributed by atoms with E-state index in [4.69, 9.17) is 0 Å². The molecule has 0 aliphatic rings. The molecule has 1 aromatic carbocycles. The number of benzene rings is 1. The van der Waals surface area contributed by atoms with Crippen molar-refractivity contribution in [1.29, 1.82) is 0 Å². The number of amides is 1. The fourth-order valence-corrected chi connectivity index (χ4v) is 2.69. The molecule has 0 aliphatic carbocycles. The first-order valence-corrected chi connectivity index (χ1v) is 8.05. The van der Waals surface area contributed by atoms with E-state index in [0.29, 0.717) is 0 Å². The van der Waals surface area contributed by atoms with Gasteiger partial charge in [0, 0.05) is 18.2 Å². The molecule has 0 aromatic heterocycles. The maximum atomic E-state index is 12.1. The molecule has 0 radical (unpaired) electrons. The summed E-state index contributed by atoms with van der Waals surface area (Å²) in [6, 6.07) is 4.51. The van der Waals surface area contributed by atoms with Crippen molar-refractivity contribution in [2.24, 2.45) is 5.92 Å². The standard InChI is InChI=1S/C13H18N2O5S/c1-9(2)10(3)14-13(16)8-21(19,20)12-6-4-5-11(7-12)15(17)18/h4-7,9-10H,8H2,1-3H3,(H,14,16)/t10-/m1/s1. The highest BCUT2D eigenvalue weighted by Crippen LogP contribution is 2.18. The summed E-state index contributed by atoms with van der Waals surface area (Å²) in [5.41, 5.74) is -0.327. The van der Waals surface area contributed by atoms with Crippen molar-refractivity contribution in [1.82, 2.24) is 5.32 Å². The summed E-state index contributed by atoms with van der Waals surface area (Å²) < 4.78 is 24.2. The van der Waals surface area contributed by atoms with Gasteiger partial charge in [-0.3, -0.25) is 14.9 Å². The van der Waals surface area contributed by atoms with Gasteiger partial charge in [0.2, 0.25) is 5.91 Å². The van der Waals surface area contributed by atoms with Gasteiger partial charge < -0.3 is 5.32 Å². The Morgan fingerprint density at radius 1 is 1.33 bits per heavy atom. The molecule has 0 saturated heterocycles. The summed E-state index contributed by atoms with van der Waals surface area (Å²) >= 11 is 0. The smallest absolute Gasteiger partial charge is 0.270 e. The van der Waals surface area contributed by atoms with Crippen LogP contribution in [0.2, 0.25) is 0 Å². The van der Waals surface area contributed by atoms with E-state index in [9.17, 15) is 23.3 Å². The first-order valence-electron chi connectivity index (χ1n) is 6.40. The van der Waals surface area contributed by atoms with Crippen LogP contribution in [0, 0.1) is 16.0 Å². The normalized spacial score (nSPS) is 13.0. The van der Waals surface area contributed by atoms with Gasteiger partial charge in [0.25, 0.3) is 5.69 Å². The van der Waals surface area contributed by atoms with Crippen LogP contribution in [0.4, 0.5) is 5.69 Å². The third-order valence-corrected chi connectivity index (χ3v) is 4.71. The first-order chi connectivity index (χ1) is 9.63. The first kappa shape index (κ1) is 17.1. The van der Waals surface area contributed by atoms with Crippen molar-refractivity contribution in [3.05, 3.63) is 34.4 Å². The summed E-state index contributed by atoms with van der Waals surface area (Å²) in [6.45, 7) is 5.59. The van der Waals surface area contributed by atoms with Gasteiger partial charge in [0.15, 0.2) is 9.84 Å². The van der Waals surface area contributed by atoms with E-state index < -0.39 is 26.4 Å². The Kier molecular flexibility index (Phi) is 5.42. The molecule has 7 nitrogen and oxygen atoms in total. The van der Waals surface area contributed by atoms with E-state index in [0.717, 1.165) is 6.07 Å². The second-order valence-electron chi connectivity index (χ2n) is 5.11. The van der Waals surface area contributed by atoms with Gasteiger partial charge in [-0.05, 0) is 18.9 Å². The van der Waals surface area contributed by atoms with Crippen LogP contribution >= 0.6 is 0 Å². The Morgan fingerprint density at radius 3 is 2.48 bits per heavy atom. The second-order valence-corrected chi connectivity index (χ2v) is 7.10. The summed E-state index contributed by atoms with van der Waals surface area (Å²) in [4.78, 5) is 21.5.